The Morgan fingerprint density at radius 3 is 2.29 bits per heavy atom. The molecule has 2 aromatic heterocycles. The Kier molecular flexibility index (Phi) is 5.53. The van der Waals surface area contributed by atoms with E-state index in [2.05, 4.69) is 25.3 Å². The van der Waals surface area contributed by atoms with E-state index < -0.39 is 11.6 Å². The highest BCUT2D eigenvalue weighted by Gasteiger charge is 2.23. The van der Waals surface area contributed by atoms with Crippen molar-refractivity contribution >= 4 is 17.5 Å². The normalized spacial score (nSPS) is 14.1. The van der Waals surface area contributed by atoms with Crippen molar-refractivity contribution < 1.29 is 13.6 Å². The Labute approximate surface area is 178 Å². The highest BCUT2D eigenvalue weighted by atomic mass is 19.2. The Bertz CT molecular complexity index is 1120. The molecule has 1 saturated heterocycles. The van der Waals surface area contributed by atoms with Crippen LogP contribution in [0.1, 0.15) is 17.2 Å². The molecule has 0 radical (unpaired) electrons. The molecule has 3 aromatic rings. The van der Waals surface area contributed by atoms with Crippen molar-refractivity contribution in [2.24, 2.45) is 0 Å². The molecule has 1 fully saturated rings. The monoisotopic (exact) mass is 427 g/mol. The van der Waals surface area contributed by atoms with Gasteiger partial charge in [0.25, 0.3) is 0 Å². The maximum Gasteiger partial charge on any atom is 0.321 e. The molecule has 0 bridgehead atoms. The van der Waals surface area contributed by atoms with E-state index in [-0.39, 0.29) is 11.7 Å². The molecule has 1 aliphatic heterocycles. The number of benzene rings is 1. The second-order valence-electron chi connectivity index (χ2n) is 7.50. The van der Waals surface area contributed by atoms with Gasteiger partial charge in [-0.2, -0.15) is 5.10 Å². The molecule has 0 aliphatic carbocycles. The van der Waals surface area contributed by atoms with Gasteiger partial charge in [0.15, 0.2) is 17.5 Å². The summed E-state index contributed by atoms with van der Waals surface area (Å²) in [6.07, 6.45) is 0. The zero-order valence-electron chi connectivity index (χ0n) is 17.6. The van der Waals surface area contributed by atoms with E-state index in [1.165, 1.54) is 6.07 Å². The minimum absolute atomic E-state index is 0.215. The minimum Gasteiger partial charge on any atom is -0.353 e. The third-order valence-corrected chi connectivity index (χ3v) is 5.10. The Hall–Kier alpha value is -3.56. The van der Waals surface area contributed by atoms with Crippen molar-refractivity contribution in [1.82, 2.24) is 24.6 Å². The first-order chi connectivity index (χ1) is 14.8. The first-order valence-corrected chi connectivity index (χ1v) is 9.95. The number of amides is 2. The molecule has 2 amide bonds. The van der Waals surface area contributed by atoms with Crippen molar-refractivity contribution in [3.63, 3.8) is 0 Å². The largest absolute Gasteiger partial charge is 0.353 e. The zero-order chi connectivity index (χ0) is 22.1. The number of hydrogen-bond acceptors (Lipinski definition) is 5. The molecule has 0 unspecified atom stereocenters. The quantitative estimate of drug-likeness (QED) is 0.694. The zero-order valence-corrected chi connectivity index (χ0v) is 17.6. The highest BCUT2D eigenvalue weighted by Crippen LogP contribution is 2.20. The maximum atomic E-state index is 13.4. The summed E-state index contributed by atoms with van der Waals surface area (Å²) < 4.78 is 28.2. The number of aryl methyl sites for hydroxylation is 3. The van der Waals surface area contributed by atoms with Crippen molar-refractivity contribution in [3.8, 4) is 5.82 Å². The van der Waals surface area contributed by atoms with Gasteiger partial charge in [-0.25, -0.2) is 28.2 Å². The van der Waals surface area contributed by atoms with Crippen LogP contribution in [-0.4, -0.2) is 56.9 Å². The van der Waals surface area contributed by atoms with E-state index in [0.717, 1.165) is 29.3 Å². The maximum absolute atomic E-state index is 13.4. The standard InChI is InChI=1S/C21H23F2N7O/c1-13-10-14(2)30(27-13)20-12-19(24-15(3)25-20)28-6-8-29(9-7-28)21(31)26-16-4-5-17(22)18(23)11-16/h4-5,10-12H,6-9H2,1-3H3,(H,26,31). The van der Waals surface area contributed by atoms with Gasteiger partial charge in [-0.1, -0.05) is 0 Å². The van der Waals surface area contributed by atoms with Gasteiger partial charge in [0.1, 0.15) is 11.6 Å². The molecule has 3 heterocycles. The van der Waals surface area contributed by atoms with E-state index >= 15 is 0 Å². The van der Waals surface area contributed by atoms with Gasteiger partial charge in [-0.05, 0) is 39.0 Å². The molecule has 0 spiro atoms. The number of carbonyl (C=O) groups excluding carboxylic acids is 1. The fourth-order valence-electron chi connectivity index (χ4n) is 3.58. The summed E-state index contributed by atoms with van der Waals surface area (Å²) >= 11 is 0. The van der Waals surface area contributed by atoms with E-state index in [1.54, 1.807) is 9.58 Å². The molecule has 31 heavy (non-hydrogen) atoms. The summed E-state index contributed by atoms with van der Waals surface area (Å²) in [6, 6.07) is 6.81. The van der Waals surface area contributed by atoms with Crippen LogP contribution in [-0.2, 0) is 0 Å². The summed E-state index contributed by atoms with van der Waals surface area (Å²) in [6.45, 7) is 7.84. The molecule has 10 heteroatoms. The number of anilines is 2. The Morgan fingerprint density at radius 1 is 0.935 bits per heavy atom. The number of urea groups is 1. The summed E-state index contributed by atoms with van der Waals surface area (Å²) in [4.78, 5) is 25.3. The van der Waals surface area contributed by atoms with Crippen LogP contribution in [0.4, 0.5) is 25.1 Å². The lowest BCUT2D eigenvalue weighted by Gasteiger charge is -2.35. The fraction of sp³-hybridized carbons (Fsp3) is 0.333. The Morgan fingerprint density at radius 2 is 1.65 bits per heavy atom. The number of nitrogens with zero attached hydrogens (tertiary/aromatic N) is 6. The smallest absolute Gasteiger partial charge is 0.321 e. The number of nitrogens with one attached hydrogen (secondary N) is 1. The molecule has 4 rings (SSSR count). The molecule has 1 aliphatic rings. The van der Waals surface area contributed by atoms with Gasteiger partial charge in [0.2, 0.25) is 0 Å². The molecular weight excluding hydrogens is 404 g/mol. The number of halogens is 2. The lowest BCUT2D eigenvalue weighted by molar-refractivity contribution is 0.208. The summed E-state index contributed by atoms with van der Waals surface area (Å²) in [5.41, 5.74) is 2.11. The van der Waals surface area contributed by atoms with Crippen LogP contribution < -0.4 is 10.2 Å². The first kappa shape index (κ1) is 20.7. The number of hydrogen-bond donors (Lipinski definition) is 1. The minimum atomic E-state index is -1.000. The average molecular weight is 427 g/mol. The highest BCUT2D eigenvalue weighted by molar-refractivity contribution is 5.89. The molecule has 0 atom stereocenters. The molecule has 1 N–H and O–H groups in total. The lowest BCUT2D eigenvalue weighted by atomic mass is 10.3. The number of aromatic nitrogens is 4. The van der Waals surface area contributed by atoms with Gasteiger partial charge in [0, 0.05) is 49.7 Å². The predicted molar refractivity (Wildman–Crippen MR) is 113 cm³/mol. The van der Waals surface area contributed by atoms with Crippen molar-refractivity contribution in [1.29, 1.82) is 0 Å². The predicted octanol–water partition coefficient (Wildman–Crippen LogP) is 3.22. The molecular formula is C21H23F2N7O. The van der Waals surface area contributed by atoms with E-state index in [1.807, 2.05) is 32.9 Å². The van der Waals surface area contributed by atoms with Crippen molar-refractivity contribution in [2.45, 2.75) is 20.8 Å². The summed E-state index contributed by atoms with van der Waals surface area (Å²) in [5, 5.41) is 7.10. The topological polar surface area (TPSA) is 79.2 Å². The Balaban J connectivity index is 1.43. The van der Waals surface area contributed by atoms with Crippen LogP contribution in [0.25, 0.3) is 5.82 Å². The second kappa shape index (κ2) is 8.29. The van der Waals surface area contributed by atoms with Gasteiger partial charge in [-0.15, -0.1) is 0 Å². The third-order valence-electron chi connectivity index (χ3n) is 5.10. The van der Waals surface area contributed by atoms with Crippen LogP contribution in [0, 0.1) is 32.4 Å². The fourth-order valence-corrected chi connectivity index (χ4v) is 3.58. The van der Waals surface area contributed by atoms with Gasteiger partial charge < -0.3 is 15.1 Å². The number of rotatable bonds is 3. The van der Waals surface area contributed by atoms with E-state index in [9.17, 15) is 13.6 Å². The SMILES string of the molecule is Cc1cc(C)n(-c2cc(N3CCN(C(=O)Nc4ccc(F)c(F)c4)CC3)nc(C)n2)n1. The summed E-state index contributed by atoms with van der Waals surface area (Å²) in [7, 11) is 0. The van der Waals surface area contributed by atoms with Crippen molar-refractivity contribution in [2.75, 3.05) is 36.4 Å². The van der Waals surface area contributed by atoms with Crippen molar-refractivity contribution in [3.05, 3.63) is 59.2 Å². The van der Waals surface area contributed by atoms with E-state index in [4.69, 9.17) is 0 Å². The molecule has 0 saturated carbocycles. The van der Waals surface area contributed by atoms with Gasteiger partial charge in [0.05, 0.1) is 5.69 Å². The van der Waals surface area contributed by atoms with Gasteiger partial charge >= 0.3 is 6.03 Å². The van der Waals surface area contributed by atoms with Crippen LogP contribution in [0.15, 0.2) is 30.3 Å². The van der Waals surface area contributed by atoms with Crippen LogP contribution in [0.3, 0.4) is 0 Å². The van der Waals surface area contributed by atoms with E-state index in [0.29, 0.717) is 37.8 Å². The molecule has 162 valence electrons. The van der Waals surface area contributed by atoms with Crippen LogP contribution >= 0.6 is 0 Å². The van der Waals surface area contributed by atoms with Crippen LogP contribution in [0.5, 0.6) is 0 Å². The number of piperazine rings is 1. The molecule has 8 nitrogen and oxygen atoms in total. The third kappa shape index (κ3) is 4.47. The number of carbonyl (C=O) groups is 1. The first-order valence-electron chi connectivity index (χ1n) is 9.95. The summed E-state index contributed by atoms with van der Waals surface area (Å²) in [5.74, 6) is 0.160. The lowest BCUT2D eigenvalue weighted by Crippen LogP contribution is -2.50. The molecule has 1 aromatic carbocycles. The second-order valence-corrected chi connectivity index (χ2v) is 7.50. The van der Waals surface area contributed by atoms with Crippen LogP contribution in [0.2, 0.25) is 0 Å². The average Bonchev–Trinajstić information content (AvgIpc) is 3.08. The van der Waals surface area contributed by atoms with Gasteiger partial charge in [-0.3, -0.25) is 0 Å².